The highest BCUT2D eigenvalue weighted by Gasteiger charge is 2.11. The van der Waals surface area contributed by atoms with E-state index in [0.29, 0.717) is 5.82 Å². The van der Waals surface area contributed by atoms with Gasteiger partial charge in [-0.05, 0) is 39.5 Å². The Bertz CT molecular complexity index is 407. The monoisotopic (exact) mass is 252 g/mol. The zero-order chi connectivity index (χ0) is 13.5. The maximum Gasteiger partial charge on any atom is 0.337 e. The molecule has 18 heavy (non-hydrogen) atoms. The van der Waals surface area contributed by atoms with Gasteiger partial charge in [0.05, 0.1) is 11.3 Å². The number of anilines is 2. The van der Waals surface area contributed by atoms with Crippen LogP contribution < -0.4 is 11.1 Å². The number of nitrogen functional groups attached to an aromatic ring is 1. The average molecular weight is 252 g/mol. The molecule has 1 aromatic rings. The van der Waals surface area contributed by atoms with Gasteiger partial charge in [-0.15, -0.1) is 0 Å². The number of unbranched alkanes of at least 4 members (excludes halogenated alkanes) is 1. The zero-order valence-corrected chi connectivity index (χ0v) is 10.8. The molecule has 1 heterocycles. The van der Waals surface area contributed by atoms with Crippen LogP contribution in [0.25, 0.3) is 0 Å². The Kier molecular flexibility index (Phi) is 5.38. The molecule has 0 aromatic carbocycles. The number of hydrogen-bond acceptors (Lipinski definition) is 5. The molecule has 0 atom stereocenters. The summed E-state index contributed by atoms with van der Waals surface area (Å²) in [6.45, 7) is 1.76. The predicted molar refractivity (Wildman–Crippen MR) is 71.9 cm³/mol. The van der Waals surface area contributed by atoms with Crippen molar-refractivity contribution in [2.45, 2.75) is 12.8 Å². The van der Waals surface area contributed by atoms with Crippen molar-refractivity contribution in [3.05, 3.63) is 17.8 Å². The maximum atomic E-state index is 10.9. The number of nitrogens with one attached hydrogen (secondary N) is 1. The fourth-order valence-corrected chi connectivity index (χ4v) is 1.56. The first-order chi connectivity index (χ1) is 8.52. The van der Waals surface area contributed by atoms with Crippen LogP contribution in [-0.2, 0) is 0 Å². The van der Waals surface area contributed by atoms with Crippen LogP contribution in [0.5, 0.6) is 0 Å². The first-order valence-corrected chi connectivity index (χ1v) is 5.88. The first-order valence-electron chi connectivity index (χ1n) is 5.88. The molecule has 0 radical (unpaired) electrons. The quantitative estimate of drug-likeness (QED) is 0.630. The van der Waals surface area contributed by atoms with Crippen LogP contribution in [0, 0.1) is 0 Å². The fraction of sp³-hybridized carbons (Fsp3) is 0.500. The van der Waals surface area contributed by atoms with E-state index in [9.17, 15) is 4.79 Å². The SMILES string of the molecule is CN(C)CCCCNc1nccc(C(=O)O)c1N. The van der Waals surface area contributed by atoms with Gasteiger partial charge in [-0.1, -0.05) is 0 Å². The van der Waals surface area contributed by atoms with E-state index in [-0.39, 0.29) is 11.3 Å². The molecule has 0 saturated carbocycles. The summed E-state index contributed by atoms with van der Waals surface area (Å²) in [6.07, 6.45) is 3.50. The smallest absolute Gasteiger partial charge is 0.337 e. The molecule has 0 spiro atoms. The number of carbonyl (C=O) groups is 1. The third-order valence-corrected chi connectivity index (χ3v) is 2.55. The maximum absolute atomic E-state index is 10.9. The van der Waals surface area contributed by atoms with Gasteiger partial charge in [-0.2, -0.15) is 0 Å². The summed E-state index contributed by atoms with van der Waals surface area (Å²) in [7, 11) is 4.06. The Hall–Kier alpha value is -1.82. The summed E-state index contributed by atoms with van der Waals surface area (Å²) in [5.41, 5.74) is 6.01. The molecule has 0 amide bonds. The van der Waals surface area contributed by atoms with Crippen LogP contribution in [0.4, 0.5) is 11.5 Å². The van der Waals surface area contributed by atoms with E-state index in [4.69, 9.17) is 10.8 Å². The van der Waals surface area contributed by atoms with Crippen LogP contribution in [0.1, 0.15) is 23.2 Å². The molecule has 0 aliphatic heterocycles. The highest BCUT2D eigenvalue weighted by molar-refractivity contribution is 5.96. The van der Waals surface area contributed by atoms with Crippen molar-refractivity contribution in [1.82, 2.24) is 9.88 Å². The summed E-state index contributed by atoms with van der Waals surface area (Å²) in [6, 6.07) is 1.40. The van der Waals surface area contributed by atoms with Crippen LogP contribution >= 0.6 is 0 Å². The molecule has 0 bridgehead atoms. The Balaban J connectivity index is 2.48. The number of nitrogens with zero attached hydrogens (tertiary/aromatic N) is 2. The zero-order valence-electron chi connectivity index (χ0n) is 10.8. The Labute approximate surface area is 107 Å². The first kappa shape index (κ1) is 14.2. The summed E-state index contributed by atoms with van der Waals surface area (Å²) in [5, 5.41) is 12.0. The molecule has 1 rings (SSSR count). The van der Waals surface area contributed by atoms with E-state index in [1.165, 1.54) is 12.3 Å². The van der Waals surface area contributed by atoms with Crippen molar-refractivity contribution in [2.75, 3.05) is 38.2 Å². The molecule has 100 valence electrons. The van der Waals surface area contributed by atoms with E-state index in [0.717, 1.165) is 25.9 Å². The minimum Gasteiger partial charge on any atom is -0.478 e. The van der Waals surface area contributed by atoms with E-state index in [2.05, 4.69) is 15.2 Å². The number of hydrogen-bond donors (Lipinski definition) is 3. The van der Waals surface area contributed by atoms with Crippen molar-refractivity contribution in [1.29, 1.82) is 0 Å². The highest BCUT2D eigenvalue weighted by Crippen LogP contribution is 2.19. The Morgan fingerprint density at radius 3 is 2.83 bits per heavy atom. The lowest BCUT2D eigenvalue weighted by atomic mass is 10.2. The van der Waals surface area contributed by atoms with Gasteiger partial charge in [0.1, 0.15) is 5.82 Å². The molecule has 1 aromatic heterocycles. The van der Waals surface area contributed by atoms with Gasteiger partial charge in [-0.25, -0.2) is 9.78 Å². The molecule has 6 heteroatoms. The third kappa shape index (κ3) is 4.21. The largest absolute Gasteiger partial charge is 0.478 e. The van der Waals surface area contributed by atoms with Crippen LogP contribution in [0.15, 0.2) is 12.3 Å². The second-order valence-corrected chi connectivity index (χ2v) is 4.36. The average Bonchev–Trinajstić information content (AvgIpc) is 2.30. The predicted octanol–water partition coefficient (Wildman–Crippen LogP) is 1.12. The number of aromatic carboxylic acids is 1. The molecular weight excluding hydrogens is 232 g/mol. The molecule has 0 saturated heterocycles. The lowest BCUT2D eigenvalue weighted by Crippen LogP contribution is -2.15. The van der Waals surface area contributed by atoms with Gasteiger partial charge in [0.2, 0.25) is 0 Å². The topological polar surface area (TPSA) is 91.5 Å². The van der Waals surface area contributed by atoms with Crippen molar-refractivity contribution in [2.24, 2.45) is 0 Å². The van der Waals surface area contributed by atoms with Crippen LogP contribution in [-0.4, -0.2) is 48.1 Å². The molecule has 4 N–H and O–H groups in total. The highest BCUT2D eigenvalue weighted by atomic mass is 16.4. The summed E-state index contributed by atoms with van der Waals surface area (Å²) < 4.78 is 0. The van der Waals surface area contributed by atoms with Gasteiger partial charge in [0.25, 0.3) is 0 Å². The molecule has 0 fully saturated rings. The van der Waals surface area contributed by atoms with Crippen LogP contribution in [0.2, 0.25) is 0 Å². The summed E-state index contributed by atoms with van der Waals surface area (Å²) >= 11 is 0. The lowest BCUT2D eigenvalue weighted by Gasteiger charge is -2.11. The summed E-state index contributed by atoms with van der Waals surface area (Å²) in [5.74, 6) is -0.592. The third-order valence-electron chi connectivity index (χ3n) is 2.55. The van der Waals surface area contributed by atoms with E-state index < -0.39 is 5.97 Å². The van der Waals surface area contributed by atoms with Crippen molar-refractivity contribution < 1.29 is 9.90 Å². The van der Waals surface area contributed by atoms with Gasteiger partial charge in [0.15, 0.2) is 0 Å². The number of pyridine rings is 1. The van der Waals surface area contributed by atoms with E-state index in [1.807, 2.05) is 14.1 Å². The normalized spacial score (nSPS) is 10.6. The lowest BCUT2D eigenvalue weighted by molar-refractivity contribution is 0.0698. The number of carboxylic acids is 1. The van der Waals surface area contributed by atoms with Crippen molar-refractivity contribution >= 4 is 17.5 Å². The van der Waals surface area contributed by atoms with E-state index >= 15 is 0 Å². The Morgan fingerprint density at radius 1 is 1.50 bits per heavy atom. The molecule has 0 unspecified atom stereocenters. The number of aromatic nitrogens is 1. The molecule has 0 aliphatic carbocycles. The van der Waals surface area contributed by atoms with Gasteiger partial charge in [0, 0.05) is 12.7 Å². The minimum atomic E-state index is -1.04. The number of carboxylic acid groups (broad SMARTS) is 1. The molecule has 6 nitrogen and oxygen atoms in total. The van der Waals surface area contributed by atoms with Gasteiger partial charge in [-0.3, -0.25) is 0 Å². The van der Waals surface area contributed by atoms with E-state index in [1.54, 1.807) is 0 Å². The number of nitrogens with two attached hydrogens (primary N) is 1. The van der Waals surface area contributed by atoms with Crippen LogP contribution in [0.3, 0.4) is 0 Å². The van der Waals surface area contributed by atoms with Gasteiger partial charge < -0.3 is 21.1 Å². The van der Waals surface area contributed by atoms with Crippen molar-refractivity contribution in [3.63, 3.8) is 0 Å². The Morgan fingerprint density at radius 2 is 2.22 bits per heavy atom. The molecule has 0 aliphatic rings. The van der Waals surface area contributed by atoms with Crippen molar-refractivity contribution in [3.8, 4) is 0 Å². The fourth-order valence-electron chi connectivity index (χ4n) is 1.56. The molecular formula is C12H20N4O2. The van der Waals surface area contributed by atoms with Gasteiger partial charge >= 0.3 is 5.97 Å². The number of rotatable bonds is 7. The second kappa shape index (κ2) is 6.80. The summed E-state index contributed by atoms with van der Waals surface area (Å²) in [4.78, 5) is 17.1. The second-order valence-electron chi connectivity index (χ2n) is 4.36. The standard InChI is InChI=1S/C12H20N4O2/c1-16(2)8-4-3-6-14-11-10(13)9(12(17)18)5-7-15-11/h5,7H,3-4,6,8,13H2,1-2H3,(H,14,15)(H,17,18). The minimum absolute atomic E-state index is 0.0841.